The Balaban J connectivity index is 1.31. The first kappa shape index (κ1) is 27.8. The molecule has 2 fully saturated rings. The SMILES string of the molecule is C[C@@H](CO[C@@H]1CCN([C@H]2CCN(c3ncc(C(F)F)cn3)C[C@@H]2O)C1=O)N=C1C=NNC(=O)C1C(F)(F)F. The highest BCUT2D eigenvalue weighted by molar-refractivity contribution is 6.37. The molecule has 0 aliphatic carbocycles. The summed E-state index contributed by atoms with van der Waals surface area (Å²) in [6, 6.07) is -1.30. The number of halogens is 5. The van der Waals surface area contributed by atoms with E-state index < -0.39 is 54.4 Å². The Morgan fingerprint density at radius 3 is 2.55 bits per heavy atom. The average molecular weight is 547 g/mol. The van der Waals surface area contributed by atoms with Crippen molar-refractivity contribution in [3.8, 4) is 0 Å². The number of aliphatic hydroxyl groups excluding tert-OH is 1. The van der Waals surface area contributed by atoms with Crippen LogP contribution in [0, 0.1) is 5.92 Å². The maximum atomic E-state index is 13.2. The predicted octanol–water partition coefficient (Wildman–Crippen LogP) is 1.09. The zero-order valence-electron chi connectivity index (χ0n) is 20.2. The highest BCUT2D eigenvalue weighted by Crippen LogP contribution is 2.29. The first-order valence-electron chi connectivity index (χ1n) is 11.9. The number of aliphatic imine (C=N–C) groups is 1. The molecular weight excluding hydrogens is 521 g/mol. The minimum Gasteiger partial charge on any atom is -0.389 e. The zero-order chi connectivity index (χ0) is 27.6. The summed E-state index contributed by atoms with van der Waals surface area (Å²) in [6.45, 7) is 2.12. The maximum Gasteiger partial charge on any atom is 0.406 e. The van der Waals surface area contributed by atoms with E-state index in [4.69, 9.17) is 4.74 Å². The minimum absolute atomic E-state index is 0.0953. The molecule has 0 saturated carbocycles. The second kappa shape index (κ2) is 11.2. The van der Waals surface area contributed by atoms with Crippen molar-refractivity contribution in [3.05, 3.63) is 18.0 Å². The van der Waals surface area contributed by atoms with E-state index in [0.717, 1.165) is 18.6 Å². The number of rotatable bonds is 7. The summed E-state index contributed by atoms with van der Waals surface area (Å²) in [6.07, 6.45) is -5.73. The number of amides is 2. The average Bonchev–Trinajstić information content (AvgIpc) is 3.21. The first-order valence-corrected chi connectivity index (χ1v) is 11.9. The van der Waals surface area contributed by atoms with E-state index >= 15 is 0 Å². The number of anilines is 1. The van der Waals surface area contributed by atoms with Crippen molar-refractivity contribution in [1.82, 2.24) is 20.3 Å². The van der Waals surface area contributed by atoms with Gasteiger partial charge in [0.05, 0.1) is 42.3 Å². The van der Waals surface area contributed by atoms with Gasteiger partial charge in [-0.15, -0.1) is 0 Å². The van der Waals surface area contributed by atoms with Gasteiger partial charge in [-0.1, -0.05) is 0 Å². The van der Waals surface area contributed by atoms with Crippen molar-refractivity contribution < 1.29 is 41.4 Å². The number of alkyl halides is 5. The van der Waals surface area contributed by atoms with E-state index in [9.17, 15) is 36.6 Å². The predicted molar refractivity (Wildman–Crippen MR) is 123 cm³/mol. The fourth-order valence-electron chi connectivity index (χ4n) is 4.64. The third-order valence-corrected chi connectivity index (χ3v) is 6.50. The van der Waals surface area contributed by atoms with Crippen molar-refractivity contribution in [2.75, 3.05) is 31.1 Å². The minimum atomic E-state index is -4.84. The van der Waals surface area contributed by atoms with Crippen LogP contribution in [0.3, 0.4) is 0 Å². The highest BCUT2D eigenvalue weighted by Gasteiger charge is 2.49. The molecule has 2 saturated heterocycles. The van der Waals surface area contributed by atoms with E-state index in [2.05, 4.69) is 20.1 Å². The van der Waals surface area contributed by atoms with Crippen molar-refractivity contribution in [2.45, 2.75) is 56.7 Å². The van der Waals surface area contributed by atoms with Gasteiger partial charge in [-0.25, -0.2) is 24.2 Å². The molecule has 1 aromatic rings. The van der Waals surface area contributed by atoms with Crippen LogP contribution in [-0.2, 0) is 14.3 Å². The molecular formula is C22H26F5N7O4. The third kappa shape index (κ3) is 6.06. The van der Waals surface area contributed by atoms with Crippen molar-refractivity contribution in [2.24, 2.45) is 16.0 Å². The van der Waals surface area contributed by atoms with Crippen molar-refractivity contribution >= 4 is 29.7 Å². The number of hydrogen-bond donors (Lipinski definition) is 2. The lowest BCUT2D eigenvalue weighted by Gasteiger charge is -2.40. The number of β-amino-alcohol motifs (C(OH)–C–C–N with tert-alkyl or cyclic N) is 1. The lowest BCUT2D eigenvalue weighted by Crippen LogP contribution is -2.55. The summed E-state index contributed by atoms with van der Waals surface area (Å²) in [7, 11) is 0. The number of aliphatic hydroxyl groups is 1. The van der Waals surface area contributed by atoms with Gasteiger partial charge in [-0.2, -0.15) is 18.3 Å². The Hall–Kier alpha value is -3.27. The first-order chi connectivity index (χ1) is 18.0. The van der Waals surface area contributed by atoms with Crippen LogP contribution in [0.4, 0.5) is 27.9 Å². The standard InChI is InChI=1S/C22H26F5N7O4/c1-11(31-13-8-30-32-19(36)17(13)22(25,26)27)10-38-16-3-5-34(20(16)37)14-2-4-33(9-15(14)35)21-28-6-12(7-29-21)18(23)24/h6-8,11,14-18,35H,2-5,9-10H2,1H3,(H,32,36)/t11-,14-,15-,16+,17?/m0/s1. The van der Waals surface area contributed by atoms with Crippen LogP contribution in [0.15, 0.2) is 22.5 Å². The number of carbonyl (C=O) groups is 2. The van der Waals surface area contributed by atoms with Gasteiger partial charge in [0.15, 0.2) is 5.92 Å². The van der Waals surface area contributed by atoms with Gasteiger partial charge in [0.2, 0.25) is 5.95 Å². The Labute approximate surface area is 213 Å². The summed E-state index contributed by atoms with van der Waals surface area (Å²) in [5.41, 5.74) is 0.921. The van der Waals surface area contributed by atoms with E-state index in [1.54, 1.807) is 10.3 Å². The summed E-state index contributed by atoms with van der Waals surface area (Å²) >= 11 is 0. The number of piperidine rings is 1. The van der Waals surface area contributed by atoms with Gasteiger partial charge < -0.3 is 19.6 Å². The van der Waals surface area contributed by atoms with Gasteiger partial charge >= 0.3 is 6.18 Å². The molecule has 4 rings (SSSR count). The topological polar surface area (TPSA) is 133 Å². The van der Waals surface area contributed by atoms with Gasteiger partial charge in [0.25, 0.3) is 18.2 Å². The van der Waals surface area contributed by atoms with Crippen LogP contribution >= 0.6 is 0 Å². The molecule has 2 amide bonds. The van der Waals surface area contributed by atoms with Crippen LogP contribution in [-0.4, -0.2) is 100 Å². The van der Waals surface area contributed by atoms with Crippen molar-refractivity contribution in [3.63, 3.8) is 0 Å². The molecule has 0 bridgehead atoms. The van der Waals surface area contributed by atoms with E-state index in [-0.39, 0.29) is 30.6 Å². The van der Waals surface area contributed by atoms with Crippen LogP contribution in [0.25, 0.3) is 0 Å². The zero-order valence-corrected chi connectivity index (χ0v) is 20.2. The molecule has 3 aliphatic rings. The number of hydrogen-bond acceptors (Lipinski definition) is 9. The van der Waals surface area contributed by atoms with E-state index in [0.29, 0.717) is 25.9 Å². The van der Waals surface area contributed by atoms with Crippen LogP contribution in [0.5, 0.6) is 0 Å². The van der Waals surface area contributed by atoms with Crippen LogP contribution < -0.4 is 10.3 Å². The molecule has 4 heterocycles. The molecule has 2 N–H and O–H groups in total. The van der Waals surface area contributed by atoms with Gasteiger partial charge in [-0.3, -0.25) is 14.6 Å². The van der Waals surface area contributed by atoms with Crippen molar-refractivity contribution in [1.29, 1.82) is 0 Å². The molecule has 0 aromatic carbocycles. The summed E-state index contributed by atoms with van der Waals surface area (Å²) in [5.74, 6) is -3.92. The summed E-state index contributed by atoms with van der Waals surface area (Å²) in [5, 5.41) is 14.1. The Kier molecular flexibility index (Phi) is 8.20. The third-order valence-electron chi connectivity index (χ3n) is 6.50. The number of ether oxygens (including phenoxy) is 1. The number of carbonyl (C=O) groups excluding carboxylic acids is 2. The number of hydrazone groups is 1. The molecule has 208 valence electrons. The number of likely N-dealkylation sites (tertiary alicyclic amines) is 1. The number of nitrogens with one attached hydrogen (secondary N) is 1. The maximum absolute atomic E-state index is 13.2. The van der Waals surface area contributed by atoms with Gasteiger partial charge in [0.1, 0.15) is 6.10 Å². The molecule has 5 atom stereocenters. The Morgan fingerprint density at radius 2 is 1.92 bits per heavy atom. The molecule has 0 radical (unpaired) electrons. The van der Waals surface area contributed by atoms with Crippen LogP contribution in [0.2, 0.25) is 0 Å². The number of nitrogens with zero attached hydrogens (tertiary/aromatic N) is 6. The van der Waals surface area contributed by atoms with Crippen LogP contribution in [0.1, 0.15) is 31.8 Å². The molecule has 38 heavy (non-hydrogen) atoms. The van der Waals surface area contributed by atoms with E-state index in [1.165, 1.54) is 11.8 Å². The lowest BCUT2D eigenvalue weighted by atomic mass is 10.0. The lowest BCUT2D eigenvalue weighted by molar-refractivity contribution is -0.168. The molecule has 0 spiro atoms. The number of aromatic nitrogens is 2. The normalized spacial score (nSPS) is 28.4. The molecule has 11 nitrogen and oxygen atoms in total. The summed E-state index contributed by atoms with van der Waals surface area (Å²) < 4.78 is 70.8. The van der Waals surface area contributed by atoms with Gasteiger partial charge in [-0.05, 0) is 13.3 Å². The smallest absolute Gasteiger partial charge is 0.389 e. The monoisotopic (exact) mass is 547 g/mol. The second-order valence-corrected chi connectivity index (χ2v) is 9.24. The fraction of sp³-hybridized carbons (Fsp3) is 0.636. The summed E-state index contributed by atoms with van der Waals surface area (Å²) in [4.78, 5) is 39.5. The highest BCUT2D eigenvalue weighted by atomic mass is 19.4. The second-order valence-electron chi connectivity index (χ2n) is 9.24. The fourth-order valence-corrected chi connectivity index (χ4v) is 4.64. The Morgan fingerprint density at radius 1 is 1.21 bits per heavy atom. The van der Waals surface area contributed by atoms with E-state index in [1.807, 2.05) is 0 Å². The quantitative estimate of drug-likeness (QED) is 0.489. The Bertz CT molecular complexity index is 1080. The van der Waals surface area contributed by atoms with Gasteiger partial charge in [0, 0.05) is 38.4 Å². The molecule has 1 unspecified atom stereocenters. The largest absolute Gasteiger partial charge is 0.406 e. The molecule has 1 aromatic heterocycles. The molecule has 16 heteroatoms. The molecule has 3 aliphatic heterocycles.